The lowest BCUT2D eigenvalue weighted by molar-refractivity contribution is 0.588. The molecule has 9 rings (SSSR count). The number of fused-ring (bicyclic) bond motifs is 7. The predicted molar refractivity (Wildman–Crippen MR) is 213 cm³/mol. The van der Waals surface area contributed by atoms with E-state index in [9.17, 15) is 0 Å². The minimum atomic E-state index is -0.569. The van der Waals surface area contributed by atoms with Crippen LogP contribution < -0.4 is 0 Å². The van der Waals surface area contributed by atoms with Crippen LogP contribution in [0.4, 0.5) is 0 Å². The van der Waals surface area contributed by atoms with Crippen molar-refractivity contribution in [2.75, 3.05) is 0 Å². The Balaban J connectivity index is 1.49. The lowest BCUT2D eigenvalue weighted by atomic mass is 9.59. The van der Waals surface area contributed by atoms with E-state index in [0.717, 1.165) is 11.2 Å². The van der Waals surface area contributed by atoms with Crippen molar-refractivity contribution in [2.24, 2.45) is 0 Å². The van der Waals surface area contributed by atoms with Crippen LogP contribution in [0.1, 0.15) is 86.1 Å². The molecule has 8 aromatic rings. The molecule has 0 bridgehead atoms. The van der Waals surface area contributed by atoms with Gasteiger partial charge in [-0.05, 0) is 120 Å². The Hall–Kier alpha value is -5.14. The molecule has 1 heterocycles. The molecule has 0 unspecified atom stereocenters. The van der Waals surface area contributed by atoms with Crippen LogP contribution in [-0.2, 0) is 16.2 Å². The first kappa shape index (κ1) is 30.9. The molecule has 0 radical (unpaired) electrons. The van der Waals surface area contributed by atoms with Crippen molar-refractivity contribution in [1.29, 1.82) is 0 Å². The fourth-order valence-corrected chi connectivity index (χ4v) is 8.86. The van der Waals surface area contributed by atoms with Crippen molar-refractivity contribution >= 4 is 43.5 Å². The maximum atomic E-state index is 6.80. The number of rotatable bonds is 2. The van der Waals surface area contributed by atoms with E-state index in [1.165, 1.54) is 88.0 Å². The molecule has 0 aliphatic heterocycles. The quantitative estimate of drug-likeness (QED) is 0.182. The summed E-state index contributed by atoms with van der Waals surface area (Å²) in [6.45, 7) is 18.2. The van der Waals surface area contributed by atoms with Crippen LogP contribution in [0, 0.1) is 13.8 Å². The van der Waals surface area contributed by atoms with Crippen LogP contribution in [0.5, 0.6) is 0 Å². The first-order valence-electron chi connectivity index (χ1n) is 18.0. The van der Waals surface area contributed by atoms with Gasteiger partial charge in [0.1, 0.15) is 11.2 Å². The van der Waals surface area contributed by atoms with Gasteiger partial charge < -0.3 is 4.42 Å². The van der Waals surface area contributed by atoms with Crippen LogP contribution in [0.2, 0.25) is 0 Å². The lowest BCUT2D eigenvalue weighted by Gasteiger charge is -2.42. The molecule has 0 fully saturated rings. The molecule has 1 aromatic heterocycles. The summed E-state index contributed by atoms with van der Waals surface area (Å²) in [5.74, 6) is 0. The highest BCUT2D eigenvalue weighted by Crippen LogP contribution is 2.57. The molecule has 0 amide bonds. The molecule has 0 spiro atoms. The van der Waals surface area contributed by atoms with Crippen LogP contribution in [0.3, 0.4) is 0 Å². The maximum absolute atomic E-state index is 6.80. The van der Waals surface area contributed by atoms with Crippen molar-refractivity contribution in [3.05, 3.63) is 166 Å². The van der Waals surface area contributed by atoms with Crippen LogP contribution in [0.25, 0.3) is 54.6 Å². The molecule has 246 valence electrons. The highest BCUT2D eigenvalue weighted by atomic mass is 16.3. The van der Waals surface area contributed by atoms with Gasteiger partial charge in [-0.2, -0.15) is 0 Å². The Morgan fingerprint density at radius 1 is 0.440 bits per heavy atom. The summed E-state index contributed by atoms with van der Waals surface area (Å²) in [5, 5.41) is 7.50. The Morgan fingerprint density at radius 3 is 1.66 bits per heavy atom. The Kier molecular flexibility index (Phi) is 6.45. The molecule has 1 heteroatoms. The third-order valence-electron chi connectivity index (χ3n) is 11.5. The highest BCUT2D eigenvalue weighted by Gasteiger charge is 2.45. The fraction of sp³-hybridized carbons (Fsp3) is 0.224. The molecule has 0 atom stereocenters. The summed E-state index contributed by atoms with van der Waals surface area (Å²) in [6, 6.07) is 46.4. The van der Waals surface area contributed by atoms with E-state index in [1.807, 2.05) is 0 Å². The van der Waals surface area contributed by atoms with Crippen molar-refractivity contribution < 1.29 is 4.42 Å². The predicted octanol–water partition coefficient (Wildman–Crippen LogP) is 13.5. The Labute approximate surface area is 295 Å². The van der Waals surface area contributed by atoms with Gasteiger partial charge in [-0.25, -0.2) is 0 Å². The van der Waals surface area contributed by atoms with Gasteiger partial charge in [0, 0.05) is 10.8 Å². The van der Waals surface area contributed by atoms with Gasteiger partial charge >= 0.3 is 0 Å². The van der Waals surface area contributed by atoms with Gasteiger partial charge in [-0.1, -0.05) is 145 Å². The summed E-state index contributed by atoms with van der Waals surface area (Å²) >= 11 is 0. The Bertz CT molecular complexity index is 2590. The maximum Gasteiger partial charge on any atom is 0.136 e. The zero-order chi connectivity index (χ0) is 34.7. The van der Waals surface area contributed by atoms with Gasteiger partial charge in [0.2, 0.25) is 0 Å². The highest BCUT2D eigenvalue weighted by molar-refractivity contribution is 6.21. The molecule has 0 N–H and O–H groups in total. The van der Waals surface area contributed by atoms with E-state index in [0.29, 0.717) is 0 Å². The van der Waals surface area contributed by atoms with E-state index in [-0.39, 0.29) is 10.8 Å². The van der Waals surface area contributed by atoms with E-state index in [4.69, 9.17) is 4.42 Å². The monoisotopic (exact) mass is 648 g/mol. The van der Waals surface area contributed by atoms with E-state index >= 15 is 0 Å². The molecule has 7 aromatic carbocycles. The normalized spacial score (nSPS) is 14.2. The summed E-state index contributed by atoms with van der Waals surface area (Å²) in [4.78, 5) is 0. The molecule has 1 aliphatic rings. The SMILES string of the molecule is Cc1ccc2c3c(cccc13)C(c1ccc(C(C)(C)C)cc1)(c1ccc(C(C)(C)C)cc1)c1cc3c(cc1-2)oc1cc(C)c2ccccc2c13. The van der Waals surface area contributed by atoms with Crippen molar-refractivity contribution in [1.82, 2.24) is 0 Å². The van der Waals surface area contributed by atoms with Crippen LogP contribution >= 0.6 is 0 Å². The van der Waals surface area contributed by atoms with Crippen molar-refractivity contribution in [3.8, 4) is 11.1 Å². The molecule has 0 saturated carbocycles. The third kappa shape index (κ3) is 4.25. The fourth-order valence-electron chi connectivity index (χ4n) is 8.86. The standard InChI is InChI=1S/C49H44O/c1-29-16-25-38-39-28-43-40(46-37-13-10-9-12-35(37)30(2)26-44(46)50-43)27-42(39)49(41-15-11-14-36(29)45(38)41,33-21-17-31(18-22-33)47(3,4)5)34-23-19-32(20-24-34)48(6,7)8/h9-28H,1-8H3. The molecule has 50 heavy (non-hydrogen) atoms. The van der Waals surface area contributed by atoms with Crippen LogP contribution in [0.15, 0.2) is 126 Å². The summed E-state index contributed by atoms with van der Waals surface area (Å²) in [7, 11) is 0. The smallest absolute Gasteiger partial charge is 0.136 e. The zero-order valence-electron chi connectivity index (χ0n) is 30.5. The first-order valence-corrected chi connectivity index (χ1v) is 18.0. The molecule has 0 saturated heterocycles. The van der Waals surface area contributed by atoms with Gasteiger partial charge in [-0.15, -0.1) is 0 Å². The topological polar surface area (TPSA) is 13.1 Å². The lowest BCUT2D eigenvalue weighted by Crippen LogP contribution is -2.34. The summed E-state index contributed by atoms with van der Waals surface area (Å²) in [6.07, 6.45) is 0. The van der Waals surface area contributed by atoms with Gasteiger partial charge in [0.25, 0.3) is 0 Å². The molecular formula is C49H44O. The van der Waals surface area contributed by atoms with E-state index < -0.39 is 5.41 Å². The first-order chi connectivity index (χ1) is 23.9. The number of aryl methyl sites for hydroxylation is 2. The second-order valence-electron chi connectivity index (χ2n) is 16.7. The number of benzene rings is 7. The largest absolute Gasteiger partial charge is 0.456 e. The molecular weight excluding hydrogens is 605 g/mol. The minimum Gasteiger partial charge on any atom is -0.456 e. The molecule has 1 nitrogen and oxygen atoms in total. The third-order valence-corrected chi connectivity index (χ3v) is 11.5. The zero-order valence-corrected chi connectivity index (χ0v) is 30.5. The van der Waals surface area contributed by atoms with Gasteiger partial charge in [0.05, 0.1) is 5.41 Å². The van der Waals surface area contributed by atoms with E-state index in [2.05, 4.69) is 177 Å². The minimum absolute atomic E-state index is 0.0509. The summed E-state index contributed by atoms with van der Waals surface area (Å²) in [5.41, 5.74) is 14.3. The number of furan rings is 1. The van der Waals surface area contributed by atoms with Crippen molar-refractivity contribution in [2.45, 2.75) is 71.6 Å². The average molecular weight is 649 g/mol. The van der Waals surface area contributed by atoms with Crippen LogP contribution in [-0.4, -0.2) is 0 Å². The number of hydrogen-bond donors (Lipinski definition) is 0. The van der Waals surface area contributed by atoms with Crippen molar-refractivity contribution in [3.63, 3.8) is 0 Å². The molecule has 1 aliphatic carbocycles. The van der Waals surface area contributed by atoms with Gasteiger partial charge in [0.15, 0.2) is 0 Å². The number of hydrogen-bond acceptors (Lipinski definition) is 1. The van der Waals surface area contributed by atoms with Gasteiger partial charge in [-0.3, -0.25) is 0 Å². The second kappa shape index (κ2) is 10.4. The van der Waals surface area contributed by atoms with E-state index in [1.54, 1.807) is 0 Å². The average Bonchev–Trinajstić information content (AvgIpc) is 3.45. The summed E-state index contributed by atoms with van der Waals surface area (Å²) < 4.78 is 6.80. The Morgan fingerprint density at radius 2 is 1.04 bits per heavy atom. The second-order valence-corrected chi connectivity index (χ2v) is 16.7.